The van der Waals surface area contributed by atoms with Gasteiger partial charge < -0.3 is 5.73 Å². The molecule has 2 aliphatic rings. The Morgan fingerprint density at radius 2 is 1.90 bits per heavy atom. The molecule has 118 valence electrons. The van der Waals surface area contributed by atoms with E-state index >= 15 is 0 Å². The van der Waals surface area contributed by atoms with Crippen LogP contribution >= 0.6 is 11.8 Å². The van der Waals surface area contributed by atoms with Crippen LogP contribution in [-0.2, 0) is 0 Å². The molecule has 1 aliphatic heterocycles. The molecule has 0 bridgehead atoms. The van der Waals surface area contributed by atoms with E-state index in [9.17, 15) is 0 Å². The number of nitrogens with two attached hydrogens (primary N) is 1. The highest BCUT2D eigenvalue weighted by Gasteiger charge is 2.39. The Balaban J connectivity index is 2.06. The van der Waals surface area contributed by atoms with Crippen LogP contribution in [0.4, 0.5) is 0 Å². The third-order valence-corrected chi connectivity index (χ3v) is 6.70. The molecule has 0 aromatic rings. The SMILES string of the molecule is CC(C)(C)C1CCCC(CN)(N2CCCSCC2)CC1. The summed E-state index contributed by atoms with van der Waals surface area (Å²) < 4.78 is 0. The van der Waals surface area contributed by atoms with Gasteiger partial charge in [0.05, 0.1) is 0 Å². The third kappa shape index (κ3) is 3.92. The average Bonchev–Trinajstić information content (AvgIpc) is 2.79. The van der Waals surface area contributed by atoms with Gasteiger partial charge in [-0.2, -0.15) is 11.8 Å². The quantitative estimate of drug-likeness (QED) is 0.787. The summed E-state index contributed by atoms with van der Waals surface area (Å²) in [6.07, 6.45) is 8.10. The summed E-state index contributed by atoms with van der Waals surface area (Å²) >= 11 is 2.12. The van der Waals surface area contributed by atoms with Gasteiger partial charge in [-0.3, -0.25) is 4.90 Å². The molecule has 0 aromatic heterocycles. The van der Waals surface area contributed by atoms with Crippen LogP contribution in [0.1, 0.15) is 59.3 Å². The molecule has 2 unspecified atom stereocenters. The fourth-order valence-corrected chi connectivity index (χ4v) is 5.01. The molecule has 0 amide bonds. The lowest BCUT2D eigenvalue weighted by molar-refractivity contribution is 0.0826. The van der Waals surface area contributed by atoms with E-state index in [1.165, 1.54) is 63.1 Å². The van der Waals surface area contributed by atoms with E-state index in [2.05, 4.69) is 37.4 Å². The topological polar surface area (TPSA) is 29.3 Å². The summed E-state index contributed by atoms with van der Waals surface area (Å²) in [4.78, 5) is 2.76. The Morgan fingerprint density at radius 3 is 2.60 bits per heavy atom. The van der Waals surface area contributed by atoms with Crippen LogP contribution in [0.3, 0.4) is 0 Å². The first-order chi connectivity index (χ1) is 9.48. The minimum absolute atomic E-state index is 0.310. The number of nitrogens with zero attached hydrogens (tertiary/aromatic N) is 1. The summed E-state index contributed by atoms with van der Waals surface area (Å²) in [6, 6.07) is 0. The van der Waals surface area contributed by atoms with E-state index < -0.39 is 0 Å². The molecule has 0 radical (unpaired) electrons. The summed E-state index contributed by atoms with van der Waals surface area (Å²) in [5.74, 6) is 3.50. The standard InChI is InChI=1S/C17H34N2S/c1-16(2,3)15-6-4-8-17(14-18,9-7-15)19-10-5-12-20-13-11-19/h15H,4-14,18H2,1-3H3. The fraction of sp³-hybridized carbons (Fsp3) is 1.00. The second-order valence-corrected chi connectivity index (χ2v) is 9.10. The number of hydrogen-bond donors (Lipinski definition) is 1. The molecule has 1 aliphatic carbocycles. The molecule has 20 heavy (non-hydrogen) atoms. The molecule has 0 aromatic carbocycles. The molecule has 2 atom stereocenters. The van der Waals surface area contributed by atoms with E-state index in [4.69, 9.17) is 5.73 Å². The van der Waals surface area contributed by atoms with Crippen molar-refractivity contribution in [2.75, 3.05) is 31.1 Å². The first-order valence-corrected chi connectivity index (χ1v) is 9.66. The minimum Gasteiger partial charge on any atom is -0.329 e. The molecule has 2 nitrogen and oxygen atoms in total. The zero-order chi connectivity index (χ0) is 14.6. The van der Waals surface area contributed by atoms with Gasteiger partial charge in [0.25, 0.3) is 0 Å². The van der Waals surface area contributed by atoms with Gasteiger partial charge in [-0.25, -0.2) is 0 Å². The summed E-state index contributed by atoms with van der Waals surface area (Å²) in [5.41, 5.74) is 7.06. The van der Waals surface area contributed by atoms with Crippen LogP contribution in [0.25, 0.3) is 0 Å². The van der Waals surface area contributed by atoms with Crippen molar-refractivity contribution >= 4 is 11.8 Å². The molecule has 2 rings (SSSR count). The van der Waals surface area contributed by atoms with Crippen molar-refractivity contribution in [3.05, 3.63) is 0 Å². The first kappa shape index (κ1) is 16.6. The Labute approximate surface area is 130 Å². The average molecular weight is 299 g/mol. The predicted octanol–water partition coefficient (Wildman–Crippen LogP) is 3.75. The highest BCUT2D eigenvalue weighted by molar-refractivity contribution is 7.99. The van der Waals surface area contributed by atoms with Crippen LogP contribution in [0.5, 0.6) is 0 Å². The van der Waals surface area contributed by atoms with Gasteiger partial charge in [0.2, 0.25) is 0 Å². The number of thioether (sulfide) groups is 1. The van der Waals surface area contributed by atoms with Gasteiger partial charge in [0.15, 0.2) is 0 Å². The molecule has 1 saturated heterocycles. The van der Waals surface area contributed by atoms with Crippen LogP contribution in [-0.4, -0.2) is 41.6 Å². The number of rotatable bonds is 2. The minimum atomic E-state index is 0.310. The molecule has 2 N–H and O–H groups in total. The first-order valence-electron chi connectivity index (χ1n) is 8.51. The zero-order valence-corrected chi connectivity index (χ0v) is 14.6. The van der Waals surface area contributed by atoms with Gasteiger partial charge >= 0.3 is 0 Å². The van der Waals surface area contributed by atoms with Crippen LogP contribution in [0, 0.1) is 11.3 Å². The van der Waals surface area contributed by atoms with Crippen molar-refractivity contribution in [3.8, 4) is 0 Å². The third-order valence-electron chi connectivity index (χ3n) is 5.65. The molecular weight excluding hydrogens is 264 g/mol. The van der Waals surface area contributed by atoms with Crippen molar-refractivity contribution < 1.29 is 0 Å². The highest BCUT2D eigenvalue weighted by Crippen LogP contribution is 2.41. The normalized spacial score (nSPS) is 34.5. The molecular formula is C17H34N2S. The van der Waals surface area contributed by atoms with Gasteiger partial charge in [-0.1, -0.05) is 27.2 Å². The van der Waals surface area contributed by atoms with Gasteiger partial charge in [-0.05, 0) is 55.7 Å². The largest absolute Gasteiger partial charge is 0.329 e. The Kier molecular flexibility index (Phi) is 5.84. The van der Waals surface area contributed by atoms with E-state index in [0.29, 0.717) is 11.0 Å². The molecule has 0 spiro atoms. The maximum atomic E-state index is 6.30. The maximum Gasteiger partial charge on any atom is 0.0332 e. The Hall–Kier alpha value is 0.270. The van der Waals surface area contributed by atoms with E-state index in [0.717, 1.165) is 12.5 Å². The zero-order valence-electron chi connectivity index (χ0n) is 13.8. The van der Waals surface area contributed by atoms with Gasteiger partial charge in [0.1, 0.15) is 0 Å². The van der Waals surface area contributed by atoms with Crippen LogP contribution in [0.15, 0.2) is 0 Å². The second kappa shape index (κ2) is 7.02. The number of hydrogen-bond acceptors (Lipinski definition) is 3. The summed E-state index contributed by atoms with van der Waals surface area (Å²) in [6.45, 7) is 10.6. The van der Waals surface area contributed by atoms with Crippen molar-refractivity contribution in [2.45, 2.75) is 64.8 Å². The fourth-order valence-electron chi connectivity index (χ4n) is 4.13. The Morgan fingerprint density at radius 1 is 1.10 bits per heavy atom. The van der Waals surface area contributed by atoms with Crippen molar-refractivity contribution in [3.63, 3.8) is 0 Å². The van der Waals surface area contributed by atoms with Gasteiger partial charge in [-0.15, -0.1) is 0 Å². The highest BCUT2D eigenvalue weighted by atomic mass is 32.2. The van der Waals surface area contributed by atoms with E-state index in [-0.39, 0.29) is 0 Å². The van der Waals surface area contributed by atoms with Crippen molar-refractivity contribution in [1.29, 1.82) is 0 Å². The maximum absolute atomic E-state index is 6.30. The van der Waals surface area contributed by atoms with Crippen molar-refractivity contribution in [1.82, 2.24) is 4.90 Å². The second-order valence-electron chi connectivity index (χ2n) is 7.88. The van der Waals surface area contributed by atoms with Gasteiger partial charge in [0, 0.05) is 24.4 Å². The summed E-state index contributed by atoms with van der Waals surface area (Å²) in [5, 5.41) is 0. The molecule has 1 saturated carbocycles. The lowest BCUT2D eigenvalue weighted by Gasteiger charge is -2.43. The monoisotopic (exact) mass is 298 g/mol. The molecule has 3 heteroatoms. The van der Waals surface area contributed by atoms with E-state index in [1.54, 1.807) is 0 Å². The van der Waals surface area contributed by atoms with Crippen molar-refractivity contribution in [2.24, 2.45) is 17.1 Å². The lowest BCUT2D eigenvalue weighted by Crippen LogP contribution is -2.54. The van der Waals surface area contributed by atoms with Crippen LogP contribution < -0.4 is 5.73 Å². The molecule has 1 heterocycles. The Bertz CT molecular complexity index is 292. The van der Waals surface area contributed by atoms with Crippen LogP contribution in [0.2, 0.25) is 0 Å². The predicted molar refractivity (Wildman–Crippen MR) is 91.3 cm³/mol. The molecule has 2 fully saturated rings. The lowest BCUT2D eigenvalue weighted by atomic mass is 9.76. The van der Waals surface area contributed by atoms with E-state index in [1.807, 2.05) is 0 Å². The summed E-state index contributed by atoms with van der Waals surface area (Å²) in [7, 11) is 0. The smallest absolute Gasteiger partial charge is 0.0332 e.